The van der Waals surface area contributed by atoms with Gasteiger partial charge in [-0.2, -0.15) is 0 Å². The monoisotopic (exact) mass is 358 g/mol. The normalized spacial score (nSPS) is 10.2. The summed E-state index contributed by atoms with van der Waals surface area (Å²) in [7, 11) is 0. The Balaban J connectivity index is 1.79. The molecule has 2 amide bonds. The molecule has 138 valence electrons. The molecule has 0 saturated carbocycles. The van der Waals surface area contributed by atoms with Gasteiger partial charge in [0, 0.05) is 11.4 Å². The first-order valence-electron chi connectivity index (χ1n) is 8.69. The van der Waals surface area contributed by atoms with Crippen molar-refractivity contribution in [3.63, 3.8) is 0 Å². The maximum Gasteiger partial charge on any atom is 0.338 e. The van der Waals surface area contributed by atoms with Crippen molar-refractivity contribution in [1.82, 2.24) is 0 Å². The van der Waals surface area contributed by atoms with Crippen molar-refractivity contribution in [1.29, 1.82) is 0 Å². The summed E-state index contributed by atoms with van der Waals surface area (Å²) in [5.74, 6) is -0.743. The summed E-state index contributed by atoms with van der Waals surface area (Å²) in [6, 6.07) is 11.4. The van der Waals surface area contributed by atoms with E-state index < -0.39 is 6.03 Å². The number of nitrogens with one attached hydrogen (secondary N) is 2. The Labute approximate surface area is 152 Å². The third kappa shape index (κ3) is 6.55. The molecule has 0 saturated heterocycles. The van der Waals surface area contributed by atoms with Gasteiger partial charge in [-0.05, 0) is 55.0 Å². The van der Waals surface area contributed by atoms with E-state index in [1.54, 1.807) is 24.3 Å². The lowest BCUT2D eigenvalue weighted by Crippen LogP contribution is -2.19. The van der Waals surface area contributed by atoms with Crippen molar-refractivity contribution in [2.24, 2.45) is 0 Å². The number of esters is 1. The van der Waals surface area contributed by atoms with Crippen LogP contribution in [0.1, 0.15) is 43.0 Å². The van der Waals surface area contributed by atoms with Crippen LogP contribution in [0.25, 0.3) is 0 Å². The van der Waals surface area contributed by atoms with E-state index in [1.165, 1.54) is 24.3 Å². The summed E-state index contributed by atoms with van der Waals surface area (Å²) in [6.45, 7) is 2.54. The highest BCUT2D eigenvalue weighted by molar-refractivity contribution is 6.00. The van der Waals surface area contributed by atoms with Crippen molar-refractivity contribution in [2.75, 3.05) is 17.2 Å². The molecule has 0 aliphatic heterocycles. The second-order valence-electron chi connectivity index (χ2n) is 5.86. The Hall–Kier alpha value is -2.89. The van der Waals surface area contributed by atoms with E-state index in [2.05, 4.69) is 17.6 Å². The first-order valence-corrected chi connectivity index (χ1v) is 8.69. The largest absolute Gasteiger partial charge is 0.462 e. The van der Waals surface area contributed by atoms with Crippen LogP contribution in [0, 0.1) is 5.82 Å². The van der Waals surface area contributed by atoms with Gasteiger partial charge in [0.25, 0.3) is 0 Å². The van der Waals surface area contributed by atoms with Crippen LogP contribution in [0.15, 0.2) is 48.5 Å². The second kappa shape index (κ2) is 10.2. The summed E-state index contributed by atoms with van der Waals surface area (Å²) in [5, 5.41) is 5.23. The fraction of sp³-hybridized carbons (Fsp3) is 0.300. The van der Waals surface area contributed by atoms with Crippen LogP contribution in [-0.2, 0) is 4.74 Å². The zero-order valence-corrected chi connectivity index (χ0v) is 14.8. The highest BCUT2D eigenvalue weighted by Crippen LogP contribution is 2.13. The molecule has 2 N–H and O–H groups in total. The number of ether oxygens (including phenoxy) is 1. The summed E-state index contributed by atoms with van der Waals surface area (Å²) < 4.78 is 18.1. The molecule has 0 heterocycles. The first-order chi connectivity index (χ1) is 12.6. The molecule has 0 aliphatic rings. The van der Waals surface area contributed by atoms with Gasteiger partial charge in [-0.3, -0.25) is 0 Å². The molecular formula is C20H23FN2O3. The summed E-state index contributed by atoms with van der Waals surface area (Å²) >= 11 is 0. The van der Waals surface area contributed by atoms with Crippen LogP contribution >= 0.6 is 0 Å². The Morgan fingerprint density at radius 3 is 2.04 bits per heavy atom. The number of anilines is 2. The fourth-order valence-electron chi connectivity index (χ4n) is 2.29. The third-order valence-corrected chi connectivity index (χ3v) is 3.71. The minimum absolute atomic E-state index is 0.371. The minimum atomic E-state index is -0.456. The lowest BCUT2D eigenvalue weighted by molar-refractivity contribution is 0.0498. The highest BCUT2D eigenvalue weighted by Gasteiger charge is 2.08. The van der Waals surface area contributed by atoms with E-state index in [1.807, 2.05) is 0 Å². The van der Waals surface area contributed by atoms with Crippen molar-refractivity contribution >= 4 is 23.4 Å². The fourth-order valence-corrected chi connectivity index (χ4v) is 2.29. The third-order valence-electron chi connectivity index (χ3n) is 3.71. The van der Waals surface area contributed by atoms with Crippen LogP contribution in [0.4, 0.5) is 20.6 Å². The molecule has 6 heteroatoms. The molecule has 2 rings (SSSR count). The number of unbranched alkanes of at least 4 members (excludes halogenated alkanes) is 3. The van der Waals surface area contributed by atoms with Gasteiger partial charge in [0.15, 0.2) is 0 Å². The first kappa shape index (κ1) is 19.4. The summed E-state index contributed by atoms with van der Waals surface area (Å²) in [5.41, 5.74) is 1.45. The maximum atomic E-state index is 12.8. The van der Waals surface area contributed by atoms with Crippen LogP contribution in [0.2, 0.25) is 0 Å². The number of hydrogen-bond donors (Lipinski definition) is 2. The van der Waals surface area contributed by atoms with E-state index in [0.717, 1.165) is 25.7 Å². The van der Waals surface area contributed by atoms with Gasteiger partial charge in [0.2, 0.25) is 0 Å². The van der Waals surface area contributed by atoms with E-state index in [9.17, 15) is 14.0 Å². The molecule has 0 bridgehead atoms. The van der Waals surface area contributed by atoms with Gasteiger partial charge in [0.05, 0.1) is 12.2 Å². The number of carbonyl (C=O) groups excluding carboxylic acids is 2. The van der Waals surface area contributed by atoms with Crippen LogP contribution in [0.5, 0.6) is 0 Å². The molecule has 0 atom stereocenters. The lowest BCUT2D eigenvalue weighted by atomic mass is 10.2. The van der Waals surface area contributed by atoms with Crippen molar-refractivity contribution < 1.29 is 18.7 Å². The number of halogens is 1. The summed E-state index contributed by atoms with van der Waals surface area (Å²) in [6.07, 6.45) is 4.19. The van der Waals surface area contributed by atoms with Gasteiger partial charge in [-0.1, -0.05) is 26.2 Å². The molecule has 2 aromatic carbocycles. The molecule has 0 spiro atoms. The number of carbonyl (C=O) groups is 2. The van der Waals surface area contributed by atoms with E-state index in [0.29, 0.717) is 23.5 Å². The van der Waals surface area contributed by atoms with Gasteiger partial charge < -0.3 is 15.4 Å². The molecular weight excluding hydrogens is 335 g/mol. The van der Waals surface area contributed by atoms with Crippen LogP contribution < -0.4 is 10.6 Å². The quantitative estimate of drug-likeness (QED) is 0.503. The Bertz CT molecular complexity index is 715. The highest BCUT2D eigenvalue weighted by atomic mass is 19.1. The van der Waals surface area contributed by atoms with Gasteiger partial charge >= 0.3 is 12.0 Å². The lowest BCUT2D eigenvalue weighted by Gasteiger charge is -2.09. The Morgan fingerprint density at radius 1 is 0.885 bits per heavy atom. The molecule has 0 fully saturated rings. The van der Waals surface area contributed by atoms with Crippen molar-refractivity contribution in [3.8, 4) is 0 Å². The average molecular weight is 358 g/mol. The molecule has 26 heavy (non-hydrogen) atoms. The average Bonchev–Trinajstić information content (AvgIpc) is 2.64. The number of hydrogen-bond acceptors (Lipinski definition) is 3. The minimum Gasteiger partial charge on any atom is -0.462 e. The maximum absolute atomic E-state index is 12.8. The molecule has 2 aromatic rings. The Kier molecular flexibility index (Phi) is 7.61. The molecule has 0 unspecified atom stereocenters. The topological polar surface area (TPSA) is 67.4 Å². The number of amides is 2. The summed E-state index contributed by atoms with van der Waals surface area (Å²) in [4.78, 5) is 23.8. The Morgan fingerprint density at radius 2 is 1.46 bits per heavy atom. The number of urea groups is 1. The van der Waals surface area contributed by atoms with E-state index >= 15 is 0 Å². The smallest absolute Gasteiger partial charge is 0.338 e. The standard InChI is InChI=1S/C20H23FN2O3/c1-2-3-4-5-14-26-19(24)15-6-10-17(11-7-15)22-20(25)23-18-12-8-16(21)9-13-18/h6-13H,2-5,14H2,1H3,(H2,22,23,25). The van der Waals surface area contributed by atoms with Gasteiger partial charge in [-0.15, -0.1) is 0 Å². The predicted octanol–water partition coefficient (Wildman–Crippen LogP) is 5.21. The van der Waals surface area contributed by atoms with Crippen LogP contribution in [0.3, 0.4) is 0 Å². The van der Waals surface area contributed by atoms with Crippen molar-refractivity contribution in [2.45, 2.75) is 32.6 Å². The van der Waals surface area contributed by atoms with Crippen molar-refractivity contribution in [3.05, 3.63) is 59.9 Å². The molecule has 0 radical (unpaired) electrons. The van der Waals surface area contributed by atoms with E-state index in [4.69, 9.17) is 4.74 Å². The molecule has 5 nitrogen and oxygen atoms in total. The van der Waals surface area contributed by atoms with E-state index in [-0.39, 0.29) is 11.8 Å². The zero-order chi connectivity index (χ0) is 18.8. The van der Waals surface area contributed by atoms with Gasteiger partial charge in [-0.25, -0.2) is 14.0 Å². The number of benzene rings is 2. The molecule has 0 aromatic heterocycles. The number of rotatable bonds is 8. The SMILES string of the molecule is CCCCCCOC(=O)c1ccc(NC(=O)Nc2ccc(F)cc2)cc1. The predicted molar refractivity (Wildman–Crippen MR) is 99.9 cm³/mol. The van der Waals surface area contributed by atoms with Crippen LogP contribution in [-0.4, -0.2) is 18.6 Å². The van der Waals surface area contributed by atoms with Gasteiger partial charge in [0.1, 0.15) is 5.82 Å². The second-order valence-corrected chi connectivity index (χ2v) is 5.86. The molecule has 0 aliphatic carbocycles. The zero-order valence-electron chi connectivity index (χ0n) is 14.8.